The zero-order chi connectivity index (χ0) is 10.1. The van der Waals surface area contributed by atoms with Crippen molar-refractivity contribution in [2.45, 2.75) is 6.92 Å². The third kappa shape index (κ3) is 1.30. The standard InChI is InChI=1S/C10H10ClN3/c1-6-4-3-5-7-8(6)9(11)13-14-10(7)12-2/h3-5H,1-2H3,(H,12,14). The van der Waals surface area contributed by atoms with Gasteiger partial charge < -0.3 is 5.32 Å². The Morgan fingerprint density at radius 3 is 2.79 bits per heavy atom. The lowest BCUT2D eigenvalue weighted by atomic mass is 10.1. The summed E-state index contributed by atoms with van der Waals surface area (Å²) < 4.78 is 0. The molecule has 0 spiro atoms. The lowest BCUT2D eigenvalue weighted by Gasteiger charge is -2.06. The van der Waals surface area contributed by atoms with Crippen LogP contribution in [0.3, 0.4) is 0 Å². The Morgan fingerprint density at radius 1 is 1.29 bits per heavy atom. The molecule has 0 aliphatic carbocycles. The summed E-state index contributed by atoms with van der Waals surface area (Å²) in [6, 6.07) is 5.97. The van der Waals surface area contributed by atoms with Crippen molar-refractivity contribution in [1.29, 1.82) is 0 Å². The van der Waals surface area contributed by atoms with E-state index in [1.165, 1.54) is 0 Å². The predicted molar refractivity (Wildman–Crippen MR) is 58.8 cm³/mol. The molecule has 1 heterocycles. The van der Waals surface area contributed by atoms with Crippen molar-refractivity contribution in [3.8, 4) is 0 Å². The second-order valence-corrected chi connectivity index (χ2v) is 3.44. The lowest BCUT2D eigenvalue weighted by Crippen LogP contribution is -1.97. The van der Waals surface area contributed by atoms with E-state index in [0.29, 0.717) is 5.15 Å². The van der Waals surface area contributed by atoms with Gasteiger partial charge in [-0.05, 0) is 12.5 Å². The minimum Gasteiger partial charge on any atom is -0.371 e. The average molecular weight is 208 g/mol. The van der Waals surface area contributed by atoms with Crippen molar-refractivity contribution in [3.05, 3.63) is 28.9 Å². The number of aromatic nitrogens is 2. The van der Waals surface area contributed by atoms with E-state index in [2.05, 4.69) is 15.5 Å². The summed E-state index contributed by atoms with van der Waals surface area (Å²) in [4.78, 5) is 0. The van der Waals surface area contributed by atoms with Crippen molar-refractivity contribution < 1.29 is 0 Å². The molecule has 0 atom stereocenters. The molecular formula is C10H10ClN3. The summed E-state index contributed by atoms with van der Waals surface area (Å²) in [6.45, 7) is 2.01. The third-order valence-corrected chi connectivity index (χ3v) is 2.47. The first-order valence-corrected chi connectivity index (χ1v) is 4.71. The molecule has 2 rings (SSSR count). The fourth-order valence-electron chi connectivity index (χ4n) is 1.52. The molecule has 14 heavy (non-hydrogen) atoms. The van der Waals surface area contributed by atoms with E-state index in [0.717, 1.165) is 22.2 Å². The molecule has 3 nitrogen and oxygen atoms in total. The van der Waals surface area contributed by atoms with Crippen molar-refractivity contribution >= 4 is 28.2 Å². The Morgan fingerprint density at radius 2 is 2.07 bits per heavy atom. The number of aryl methyl sites for hydroxylation is 1. The number of fused-ring (bicyclic) bond motifs is 1. The fraction of sp³-hybridized carbons (Fsp3) is 0.200. The number of halogens is 1. The molecule has 0 amide bonds. The topological polar surface area (TPSA) is 37.8 Å². The Bertz CT molecular complexity index is 474. The maximum Gasteiger partial charge on any atom is 0.159 e. The lowest BCUT2D eigenvalue weighted by molar-refractivity contribution is 1.05. The maximum absolute atomic E-state index is 5.99. The fourth-order valence-corrected chi connectivity index (χ4v) is 1.81. The highest BCUT2D eigenvalue weighted by Crippen LogP contribution is 2.28. The third-order valence-electron chi connectivity index (χ3n) is 2.21. The normalized spacial score (nSPS) is 10.5. The number of hydrogen-bond donors (Lipinski definition) is 1. The number of nitrogens with zero attached hydrogens (tertiary/aromatic N) is 2. The Balaban J connectivity index is 2.91. The Labute approximate surface area is 87.1 Å². The van der Waals surface area contributed by atoms with Crippen molar-refractivity contribution in [2.75, 3.05) is 12.4 Å². The second kappa shape index (κ2) is 3.42. The van der Waals surface area contributed by atoms with Crippen LogP contribution in [-0.2, 0) is 0 Å². The molecule has 0 fully saturated rings. The summed E-state index contributed by atoms with van der Waals surface area (Å²) in [7, 11) is 1.82. The molecule has 0 saturated carbocycles. The second-order valence-electron chi connectivity index (χ2n) is 3.09. The minimum absolute atomic E-state index is 0.456. The molecule has 72 valence electrons. The van der Waals surface area contributed by atoms with Crippen molar-refractivity contribution in [1.82, 2.24) is 10.2 Å². The Kier molecular flexibility index (Phi) is 2.25. The highest BCUT2D eigenvalue weighted by atomic mass is 35.5. The van der Waals surface area contributed by atoms with E-state index in [-0.39, 0.29) is 0 Å². The van der Waals surface area contributed by atoms with Crippen LogP contribution in [0.25, 0.3) is 10.8 Å². The van der Waals surface area contributed by atoms with Crippen LogP contribution in [0.1, 0.15) is 5.56 Å². The summed E-state index contributed by atoms with van der Waals surface area (Å²) >= 11 is 5.99. The van der Waals surface area contributed by atoms with Gasteiger partial charge in [0.15, 0.2) is 11.0 Å². The van der Waals surface area contributed by atoms with E-state index in [9.17, 15) is 0 Å². The van der Waals surface area contributed by atoms with E-state index >= 15 is 0 Å². The van der Waals surface area contributed by atoms with Crippen LogP contribution in [0.5, 0.6) is 0 Å². The summed E-state index contributed by atoms with van der Waals surface area (Å²) in [5.41, 5.74) is 1.11. The number of benzene rings is 1. The summed E-state index contributed by atoms with van der Waals surface area (Å²) in [5, 5.41) is 13.3. The first kappa shape index (κ1) is 9.21. The van der Waals surface area contributed by atoms with Crippen molar-refractivity contribution in [2.24, 2.45) is 0 Å². The zero-order valence-corrected chi connectivity index (χ0v) is 8.76. The van der Waals surface area contributed by atoms with Crippen molar-refractivity contribution in [3.63, 3.8) is 0 Å². The average Bonchev–Trinajstić information content (AvgIpc) is 2.18. The van der Waals surface area contributed by atoms with Crippen LogP contribution >= 0.6 is 11.6 Å². The van der Waals surface area contributed by atoms with E-state index in [1.807, 2.05) is 32.2 Å². The van der Waals surface area contributed by atoms with Gasteiger partial charge in [-0.15, -0.1) is 10.2 Å². The van der Waals surface area contributed by atoms with Crippen LogP contribution in [0.2, 0.25) is 5.15 Å². The summed E-state index contributed by atoms with van der Waals surface area (Å²) in [5.74, 6) is 0.758. The van der Waals surface area contributed by atoms with Gasteiger partial charge in [-0.25, -0.2) is 0 Å². The van der Waals surface area contributed by atoms with Gasteiger partial charge in [0, 0.05) is 17.8 Å². The van der Waals surface area contributed by atoms with Gasteiger partial charge in [0.2, 0.25) is 0 Å². The molecule has 0 saturated heterocycles. The van der Waals surface area contributed by atoms with E-state index < -0.39 is 0 Å². The molecule has 0 bridgehead atoms. The van der Waals surface area contributed by atoms with Gasteiger partial charge in [0.25, 0.3) is 0 Å². The zero-order valence-electron chi connectivity index (χ0n) is 8.00. The van der Waals surface area contributed by atoms with Crippen LogP contribution in [0, 0.1) is 6.92 Å². The SMILES string of the molecule is CNc1nnc(Cl)c2c(C)cccc12. The highest BCUT2D eigenvalue weighted by molar-refractivity contribution is 6.34. The van der Waals surface area contributed by atoms with Crippen LogP contribution in [0.15, 0.2) is 18.2 Å². The van der Waals surface area contributed by atoms with Gasteiger partial charge in [-0.1, -0.05) is 29.8 Å². The molecule has 1 N–H and O–H groups in total. The highest BCUT2D eigenvalue weighted by Gasteiger charge is 2.07. The van der Waals surface area contributed by atoms with E-state index in [4.69, 9.17) is 11.6 Å². The molecule has 1 aromatic carbocycles. The van der Waals surface area contributed by atoms with Crippen LogP contribution < -0.4 is 5.32 Å². The van der Waals surface area contributed by atoms with Gasteiger partial charge in [0.05, 0.1) is 0 Å². The van der Waals surface area contributed by atoms with Gasteiger partial charge in [-0.3, -0.25) is 0 Å². The largest absolute Gasteiger partial charge is 0.371 e. The van der Waals surface area contributed by atoms with Gasteiger partial charge >= 0.3 is 0 Å². The first-order valence-electron chi connectivity index (χ1n) is 4.33. The number of anilines is 1. The monoisotopic (exact) mass is 207 g/mol. The van der Waals surface area contributed by atoms with Gasteiger partial charge in [-0.2, -0.15) is 0 Å². The van der Waals surface area contributed by atoms with Crippen LogP contribution in [-0.4, -0.2) is 17.2 Å². The number of hydrogen-bond acceptors (Lipinski definition) is 3. The first-order chi connectivity index (χ1) is 6.74. The molecule has 0 radical (unpaired) electrons. The molecule has 1 aromatic heterocycles. The van der Waals surface area contributed by atoms with Crippen LogP contribution in [0.4, 0.5) is 5.82 Å². The molecule has 0 aliphatic rings. The molecule has 4 heteroatoms. The molecule has 0 unspecified atom stereocenters. The smallest absolute Gasteiger partial charge is 0.159 e. The number of nitrogens with one attached hydrogen (secondary N) is 1. The number of rotatable bonds is 1. The van der Waals surface area contributed by atoms with Gasteiger partial charge in [0.1, 0.15) is 0 Å². The molecule has 0 aliphatic heterocycles. The summed E-state index contributed by atoms with van der Waals surface area (Å²) in [6.07, 6.45) is 0. The molecule has 2 aromatic rings. The minimum atomic E-state index is 0.456. The quantitative estimate of drug-likeness (QED) is 0.781. The Hall–Kier alpha value is -1.35. The van der Waals surface area contributed by atoms with E-state index in [1.54, 1.807) is 0 Å². The molecular weight excluding hydrogens is 198 g/mol. The predicted octanol–water partition coefficient (Wildman–Crippen LogP) is 2.63. The maximum atomic E-state index is 5.99.